The zero-order valence-electron chi connectivity index (χ0n) is 17.7. The molecule has 0 bridgehead atoms. The number of aromatic nitrogens is 3. The first-order chi connectivity index (χ1) is 14.8. The SMILES string of the molecule is CC(C)C(NC(=O)c1c(F)cccc1F)C(=O)N1CCC(c2nc(C3CC3)n[nH]2)CC1. The first-order valence-electron chi connectivity index (χ1n) is 10.8. The zero-order valence-corrected chi connectivity index (χ0v) is 17.7. The quantitative estimate of drug-likeness (QED) is 0.735. The average molecular weight is 431 g/mol. The Morgan fingerprint density at radius 3 is 2.32 bits per heavy atom. The normalized spacial score (nSPS) is 18.3. The van der Waals surface area contributed by atoms with Crippen molar-refractivity contribution in [1.82, 2.24) is 25.4 Å². The number of piperidine rings is 1. The fraction of sp³-hybridized carbons (Fsp3) is 0.545. The zero-order chi connectivity index (χ0) is 22.1. The summed E-state index contributed by atoms with van der Waals surface area (Å²) in [5.41, 5.74) is -0.670. The standard InChI is InChI=1S/C22H27F2N5O2/c1-12(2)18(25-21(30)17-15(23)4-3-5-16(17)24)22(31)29-10-8-14(9-11-29)20-26-19(27-28-20)13-6-7-13/h3-5,12-14,18H,6-11H2,1-2H3,(H,25,30)(H,26,27,28). The number of nitrogens with zero attached hydrogens (tertiary/aromatic N) is 3. The number of hydrogen-bond acceptors (Lipinski definition) is 4. The molecule has 2 aliphatic rings. The molecule has 1 saturated heterocycles. The van der Waals surface area contributed by atoms with Crippen molar-refractivity contribution in [2.45, 2.75) is 57.4 Å². The minimum atomic E-state index is -0.953. The molecule has 7 nitrogen and oxygen atoms in total. The van der Waals surface area contributed by atoms with Crippen LogP contribution >= 0.6 is 0 Å². The van der Waals surface area contributed by atoms with Crippen LogP contribution in [0.15, 0.2) is 18.2 Å². The van der Waals surface area contributed by atoms with Crippen molar-refractivity contribution in [2.75, 3.05) is 13.1 Å². The topological polar surface area (TPSA) is 91.0 Å². The summed E-state index contributed by atoms with van der Waals surface area (Å²) in [7, 11) is 0. The van der Waals surface area contributed by atoms with Gasteiger partial charge in [0.1, 0.15) is 29.1 Å². The number of carbonyl (C=O) groups excluding carboxylic acids is 2. The molecule has 0 radical (unpaired) electrons. The fourth-order valence-electron chi connectivity index (χ4n) is 4.01. The van der Waals surface area contributed by atoms with Gasteiger partial charge in [0, 0.05) is 24.9 Å². The molecule has 166 valence electrons. The Balaban J connectivity index is 1.39. The van der Waals surface area contributed by atoms with Crippen LogP contribution in [0.5, 0.6) is 0 Å². The molecule has 1 saturated carbocycles. The van der Waals surface area contributed by atoms with Crippen molar-refractivity contribution in [1.29, 1.82) is 0 Å². The molecular formula is C22H27F2N5O2. The molecule has 1 aromatic carbocycles. The summed E-state index contributed by atoms with van der Waals surface area (Å²) in [6, 6.07) is 2.37. The summed E-state index contributed by atoms with van der Waals surface area (Å²) < 4.78 is 27.9. The van der Waals surface area contributed by atoms with Crippen LogP contribution in [0.1, 0.15) is 73.4 Å². The maximum Gasteiger partial charge on any atom is 0.257 e. The van der Waals surface area contributed by atoms with Crippen molar-refractivity contribution in [3.05, 3.63) is 47.0 Å². The van der Waals surface area contributed by atoms with Gasteiger partial charge in [0.15, 0.2) is 5.82 Å². The average Bonchev–Trinajstić information content (AvgIpc) is 3.48. The molecule has 2 amide bonds. The minimum absolute atomic E-state index is 0.212. The molecule has 1 unspecified atom stereocenters. The Bertz CT molecular complexity index is 944. The maximum atomic E-state index is 14.0. The second-order valence-electron chi connectivity index (χ2n) is 8.74. The third kappa shape index (κ3) is 4.60. The van der Waals surface area contributed by atoms with Crippen molar-refractivity contribution in [3.63, 3.8) is 0 Å². The van der Waals surface area contributed by atoms with Crippen molar-refractivity contribution < 1.29 is 18.4 Å². The third-order valence-electron chi connectivity index (χ3n) is 6.06. The van der Waals surface area contributed by atoms with Crippen LogP contribution in [0.25, 0.3) is 0 Å². The number of halogens is 2. The van der Waals surface area contributed by atoms with Crippen LogP contribution in [-0.2, 0) is 4.79 Å². The number of amides is 2. The summed E-state index contributed by atoms with van der Waals surface area (Å²) >= 11 is 0. The summed E-state index contributed by atoms with van der Waals surface area (Å²) in [5, 5.41) is 9.89. The third-order valence-corrected chi connectivity index (χ3v) is 6.06. The van der Waals surface area contributed by atoms with Gasteiger partial charge in [0.25, 0.3) is 5.91 Å². The lowest BCUT2D eigenvalue weighted by atomic mass is 9.94. The van der Waals surface area contributed by atoms with E-state index in [-0.39, 0.29) is 17.7 Å². The highest BCUT2D eigenvalue weighted by Crippen LogP contribution is 2.38. The number of benzene rings is 1. The van der Waals surface area contributed by atoms with Gasteiger partial charge in [0.05, 0.1) is 0 Å². The first-order valence-corrected chi connectivity index (χ1v) is 10.8. The predicted octanol–water partition coefficient (Wildman–Crippen LogP) is 3.12. The van der Waals surface area contributed by atoms with Crippen LogP contribution < -0.4 is 5.32 Å². The van der Waals surface area contributed by atoms with Gasteiger partial charge < -0.3 is 10.2 Å². The highest BCUT2D eigenvalue weighted by molar-refractivity contribution is 5.98. The number of nitrogens with one attached hydrogen (secondary N) is 2. The summed E-state index contributed by atoms with van der Waals surface area (Å²) in [4.78, 5) is 31.9. The second kappa shape index (κ2) is 8.72. The Labute approximate surface area is 179 Å². The predicted molar refractivity (Wildman–Crippen MR) is 109 cm³/mol. The monoisotopic (exact) mass is 431 g/mol. The van der Waals surface area contributed by atoms with E-state index in [4.69, 9.17) is 0 Å². The number of hydrogen-bond donors (Lipinski definition) is 2. The molecule has 2 N–H and O–H groups in total. The Hall–Kier alpha value is -2.84. The molecule has 4 rings (SSSR count). The van der Waals surface area contributed by atoms with E-state index < -0.39 is 29.1 Å². The lowest BCUT2D eigenvalue weighted by Gasteiger charge is -2.34. The van der Waals surface area contributed by atoms with Gasteiger partial charge in [-0.2, -0.15) is 5.10 Å². The van der Waals surface area contributed by atoms with Crippen LogP contribution in [-0.4, -0.2) is 51.0 Å². The van der Waals surface area contributed by atoms with Crippen molar-refractivity contribution >= 4 is 11.8 Å². The molecular weight excluding hydrogens is 404 g/mol. The first kappa shape index (κ1) is 21.4. The summed E-state index contributed by atoms with van der Waals surface area (Å²) in [5.74, 6) is -0.850. The van der Waals surface area contributed by atoms with E-state index in [0.29, 0.717) is 19.0 Å². The van der Waals surface area contributed by atoms with E-state index in [1.165, 1.54) is 6.07 Å². The second-order valence-corrected chi connectivity index (χ2v) is 8.74. The molecule has 1 atom stereocenters. The number of likely N-dealkylation sites (tertiary alicyclic amines) is 1. The van der Waals surface area contributed by atoms with E-state index in [9.17, 15) is 18.4 Å². The Kier molecular flexibility index (Phi) is 6.02. The number of aromatic amines is 1. The number of rotatable bonds is 6. The summed E-state index contributed by atoms with van der Waals surface area (Å²) in [6.07, 6.45) is 3.77. The van der Waals surface area contributed by atoms with E-state index >= 15 is 0 Å². The smallest absolute Gasteiger partial charge is 0.257 e. The van der Waals surface area contributed by atoms with Gasteiger partial charge in [-0.05, 0) is 43.7 Å². The molecule has 2 heterocycles. The van der Waals surface area contributed by atoms with Crippen LogP contribution in [0.2, 0.25) is 0 Å². The molecule has 2 aromatic rings. The van der Waals surface area contributed by atoms with E-state index in [0.717, 1.165) is 49.5 Å². The highest BCUT2D eigenvalue weighted by atomic mass is 19.1. The van der Waals surface area contributed by atoms with Crippen molar-refractivity contribution in [2.24, 2.45) is 5.92 Å². The lowest BCUT2D eigenvalue weighted by molar-refractivity contribution is -0.135. The van der Waals surface area contributed by atoms with Crippen LogP contribution in [0, 0.1) is 17.6 Å². The van der Waals surface area contributed by atoms with E-state index in [1.807, 2.05) is 0 Å². The Morgan fingerprint density at radius 1 is 1.10 bits per heavy atom. The molecule has 2 fully saturated rings. The van der Waals surface area contributed by atoms with Gasteiger partial charge in [-0.25, -0.2) is 13.8 Å². The molecule has 31 heavy (non-hydrogen) atoms. The molecule has 1 aromatic heterocycles. The molecule has 9 heteroatoms. The molecule has 1 aliphatic heterocycles. The van der Waals surface area contributed by atoms with Crippen LogP contribution in [0.3, 0.4) is 0 Å². The highest BCUT2D eigenvalue weighted by Gasteiger charge is 2.34. The van der Waals surface area contributed by atoms with Gasteiger partial charge in [-0.1, -0.05) is 19.9 Å². The van der Waals surface area contributed by atoms with E-state index in [1.54, 1.807) is 18.7 Å². The van der Waals surface area contributed by atoms with E-state index in [2.05, 4.69) is 20.5 Å². The maximum absolute atomic E-state index is 14.0. The fourth-order valence-corrected chi connectivity index (χ4v) is 4.01. The lowest BCUT2D eigenvalue weighted by Crippen LogP contribution is -2.53. The molecule has 0 spiro atoms. The van der Waals surface area contributed by atoms with Crippen molar-refractivity contribution in [3.8, 4) is 0 Å². The van der Waals surface area contributed by atoms with Gasteiger partial charge >= 0.3 is 0 Å². The van der Waals surface area contributed by atoms with Crippen LogP contribution in [0.4, 0.5) is 8.78 Å². The molecule has 1 aliphatic carbocycles. The van der Waals surface area contributed by atoms with Gasteiger partial charge in [-0.3, -0.25) is 14.7 Å². The minimum Gasteiger partial charge on any atom is -0.341 e. The summed E-state index contributed by atoms with van der Waals surface area (Å²) in [6.45, 7) is 4.63. The number of carbonyl (C=O) groups is 2. The number of H-pyrrole nitrogens is 1. The van der Waals surface area contributed by atoms with Gasteiger partial charge in [-0.15, -0.1) is 0 Å². The Morgan fingerprint density at radius 2 is 1.74 bits per heavy atom. The van der Waals surface area contributed by atoms with Gasteiger partial charge in [0.2, 0.25) is 5.91 Å². The largest absolute Gasteiger partial charge is 0.341 e.